The number of nitrogens with zero attached hydrogens (tertiary/aromatic N) is 2. The molecule has 0 saturated carbocycles. The van der Waals surface area contributed by atoms with Gasteiger partial charge in [0.05, 0.1) is 24.4 Å². The molecule has 4 aromatic rings. The van der Waals surface area contributed by atoms with Crippen LogP contribution in [0.1, 0.15) is 29.2 Å². The van der Waals surface area contributed by atoms with E-state index in [0.29, 0.717) is 47.2 Å². The number of para-hydroxylation sites is 1. The highest BCUT2D eigenvalue weighted by Gasteiger charge is 2.57. The number of aliphatic imine (C=N–C) groups is 1. The van der Waals surface area contributed by atoms with Crippen molar-refractivity contribution < 1.29 is 32.5 Å². The third-order valence-corrected chi connectivity index (χ3v) is 9.79. The lowest BCUT2D eigenvalue weighted by Gasteiger charge is -2.40. The van der Waals surface area contributed by atoms with Crippen LogP contribution in [0, 0.1) is 0 Å². The minimum Gasteiger partial charge on any atom is -0.497 e. The van der Waals surface area contributed by atoms with Crippen molar-refractivity contribution in [1.82, 2.24) is 0 Å². The quantitative estimate of drug-likeness (QED) is 0.239. The van der Waals surface area contributed by atoms with Crippen molar-refractivity contribution in [3.63, 3.8) is 0 Å². The van der Waals surface area contributed by atoms with Crippen molar-refractivity contribution in [3.05, 3.63) is 120 Å². The van der Waals surface area contributed by atoms with Crippen LogP contribution in [0.5, 0.6) is 11.5 Å². The Morgan fingerprint density at radius 1 is 0.956 bits per heavy atom. The zero-order chi connectivity index (χ0) is 31.4. The second kappa shape index (κ2) is 12.7. The Morgan fingerprint density at radius 3 is 2.47 bits per heavy atom. The molecule has 0 bridgehead atoms. The highest BCUT2D eigenvalue weighted by atomic mass is 32.2. The molecule has 2 atom stereocenters. The van der Waals surface area contributed by atoms with E-state index in [1.54, 1.807) is 54.5 Å². The van der Waals surface area contributed by atoms with Crippen LogP contribution >= 0.6 is 0 Å². The van der Waals surface area contributed by atoms with Gasteiger partial charge < -0.3 is 24.2 Å². The van der Waals surface area contributed by atoms with Gasteiger partial charge in [0.25, 0.3) is 5.91 Å². The Morgan fingerprint density at radius 2 is 1.71 bits per heavy atom. The van der Waals surface area contributed by atoms with Gasteiger partial charge in [-0.15, -0.1) is 0 Å². The maximum absolute atomic E-state index is 14.8. The Hall–Kier alpha value is -4.67. The van der Waals surface area contributed by atoms with E-state index in [1.165, 1.54) is 0 Å². The van der Waals surface area contributed by atoms with Gasteiger partial charge in [-0.05, 0) is 65.7 Å². The number of carbonyl (C=O) groups is 1. The first-order chi connectivity index (χ1) is 21.8. The molecular formula is C35H34N2O7S. The molecule has 0 saturated heterocycles. The molecule has 10 heteroatoms. The summed E-state index contributed by atoms with van der Waals surface area (Å²) in [4.78, 5) is 21.5. The molecule has 0 radical (unpaired) electrons. The molecule has 2 aliphatic heterocycles. The van der Waals surface area contributed by atoms with Crippen LogP contribution in [0.2, 0.25) is 0 Å². The summed E-state index contributed by atoms with van der Waals surface area (Å²) < 4.78 is 44.3. The monoisotopic (exact) mass is 626 g/mol. The van der Waals surface area contributed by atoms with Crippen molar-refractivity contribution in [2.24, 2.45) is 4.99 Å². The van der Waals surface area contributed by atoms with E-state index in [2.05, 4.69) is 0 Å². The molecule has 2 heterocycles. The molecular weight excluding hydrogens is 592 g/mol. The zero-order valence-electron chi connectivity index (χ0n) is 24.8. The van der Waals surface area contributed by atoms with Crippen molar-refractivity contribution in [2.75, 3.05) is 37.5 Å². The number of aliphatic hydroxyl groups is 1. The summed E-state index contributed by atoms with van der Waals surface area (Å²) in [5, 5.41) is 9.05. The van der Waals surface area contributed by atoms with Crippen LogP contribution in [0.15, 0.2) is 113 Å². The fourth-order valence-corrected chi connectivity index (χ4v) is 7.04. The van der Waals surface area contributed by atoms with Crippen LogP contribution in [-0.4, -0.2) is 63.5 Å². The summed E-state index contributed by atoms with van der Waals surface area (Å²) in [6.07, 6.45) is -0.0237. The van der Waals surface area contributed by atoms with Crippen LogP contribution in [0.4, 0.5) is 5.69 Å². The van der Waals surface area contributed by atoms with E-state index in [1.807, 2.05) is 60.7 Å². The molecule has 6 rings (SSSR count). The number of carbonyl (C=O) groups excluding carboxylic acids is 1. The number of benzene rings is 4. The van der Waals surface area contributed by atoms with Gasteiger partial charge in [-0.25, -0.2) is 13.4 Å². The number of aliphatic hydroxyl groups excluding tert-OH is 1. The summed E-state index contributed by atoms with van der Waals surface area (Å²) in [5.41, 5.74) is 1.50. The minimum atomic E-state index is -3.67. The number of rotatable bonds is 11. The Balaban J connectivity index is 1.40. The fraction of sp³-hybridized carbons (Fsp3) is 0.257. The highest BCUT2D eigenvalue weighted by Crippen LogP contribution is 2.48. The molecule has 1 amide bonds. The molecule has 1 N–H and O–H groups in total. The Bertz CT molecular complexity index is 1810. The molecule has 232 valence electrons. The van der Waals surface area contributed by atoms with Gasteiger partial charge in [-0.2, -0.15) is 0 Å². The van der Waals surface area contributed by atoms with Crippen LogP contribution in [0.25, 0.3) is 0 Å². The maximum Gasteiger partial charge on any atom is 0.259 e. The van der Waals surface area contributed by atoms with E-state index in [-0.39, 0.29) is 36.1 Å². The van der Waals surface area contributed by atoms with Crippen molar-refractivity contribution in [2.45, 2.75) is 29.4 Å². The zero-order valence-corrected chi connectivity index (χ0v) is 25.7. The third-order valence-electron chi connectivity index (χ3n) is 8.08. The van der Waals surface area contributed by atoms with E-state index in [4.69, 9.17) is 24.3 Å². The van der Waals surface area contributed by atoms with Gasteiger partial charge in [-0.1, -0.05) is 48.5 Å². The van der Waals surface area contributed by atoms with E-state index < -0.39 is 21.5 Å². The molecule has 0 aromatic heterocycles. The minimum absolute atomic E-state index is 0.0445. The first-order valence-corrected chi connectivity index (χ1v) is 16.4. The average molecular weight is 627 g/mol. The lowest BCUT2D eigenvalue weighted by atomic mass is 9.78. The summed E-state index contributed by atoms with van der Waals surface area (Å²) in [5.74, 6) is 0.953. The molecule has 0 fully saturated rings. The maximum atomic E-state index is 14.8. The lowest BCUT2D eigenvalue weighted by molar-refractivity contribution is -0.126. The van der Waals surface area contributed by atoms with Crippen LogP contribution in [-0.2, 0) is 25.8 Å². The van der Waals surface area contributed by atoms with Gasteiger partial charge >= 0.3 is 0 Å². The van der Waals surface area contributed by atoms with Gasteiger partial charge in [0, 0.05) is 37.2 Å². The van der Waals surface area contributed by atoms with E-state index >= 15 is 0 Å². The molecule has 45 heavy (non-hydrogen) atoms. The predicted octanol–water partition coefficient (Wildman–Crippen LogP) is 4.78. The number of hydrogen-bond acceptors (Lipinski definition) is 8. The number of amides is 1. The molecule has 4 aromatic carbocycles. The largest absolute Gasteiger partial charge is 0.497 e. The van der Waals surface area contributed by atoms with Crippen LogP contribution < -0.4 is 14.4 Å². The number of hydrogen-bond donors (Lipinski definition) is 1. The summed E-state index contributed by atoms with van der Waals surface area (Å²) in [6.45, 7) is 0.380. The average Bonchev–Trinajstić information content (AvgIpc) is 3.45. The predicted molar refractivity (Wildman–Crippen MR) is 171 cm³/mol. The number of fused-ring (bicyclic) bond motifs is 1. The van der Waals surface area contributed by atoms with Crippen molar-refractivity contribution in [3.8, 4) is 11.5 Å². The van der Waals surface area contributed by atoms with Crippen molar-refractivity contribution in [1.29, 1.82) is 0 Å². The Labute approximate surface area is 262 Å². The fourth-order valence-electron chi connectivity index (χ4n) is 5.81. The summed E-state index contributed by atoms with van der Waals surface area (Å²) in [6, 6.07) is 30.4. The SMILES string of the molecule is COc1cccc([C@@H]2OC(c3ccc(OCCCO)cc3)=N[C@@]23Cc2ccccc2N(CCS(=O)(=O)c2ccccc2)C3=O)c1. The number of anilines is 1. The molecule has 0 unspecified atom stereocenters. The topological polar surface area (TPSA) is 115 Å². The van der Waals surface area contributed by atoms with E-state index in [9.17, 15) is 13.2 Å². The lowest BCUT2D eigenvalue weighted by Crippen LogP contribution is -2.56. The summed E-state index contributed by atoms with van der Waals surface area (Å²) in [7, 11) is -2.09. The highest BCUT2D eigenvalue weighted by molar-refractivity contribution is 7.91. The standard InChI is InChI=1S/C35H34N2O7S/c1-42-29-11-7-10-26(23-29)32-35(36-33(44-32)25-15-17-28(18-16-25)43-21-8-20-38)24-27-9-5-6-14-31(27)37(34(35)39)19-22-45(40,41)30-12-3-2-4-13-30/h2-7,9-18,23,32,38H,8,19-22,24H2,1H3/t32-,35-/m0/s1. The second-order valence-electron chi connectivity index (χ2n) is 11.0. The molecule has 1 spiro atoms. The van der Waals surface area contributed by atoms with Gasteiger partial charge in [0.1, 0.15) is 11.5 Å². The smallest absolute Gasteiger partial charge is 0.259 e. The van der Waals surface area contributed by atoms with Gasteiger partial charge in [0.15, 0.2) is 21.5 Å². The number of methoxy groups -OCH3 is 1. The second-order valence-corrected chi connectivity index (χ2v) is 13.1. The van der Waals surface area contributed by atoms with Crippen LogP contribution in [0.3, 0.4) is 0 Å². The molecule has 2 aliphatic rings. The Kier molecular flexibility index (Phi) is 8.60. The van der Waals surface area contributed by atoms with E-state index in [0.717, 1.165) is 5.56 Å². The van der Waals surface area contributed by atoms with Crippen molar-refractivity contribution >= 4 is 27.3 Å². The van der Waals surface area contributed by atoms with Gasteiger partial charge in [-0.3, -0.25) is 4.79 Å². The van der Waals surface area contributed by atoms with Gasteiger partial charge in [0.2, 0.25) is 5.90 Å². The summed E-state index contributed by atoms with van der Waals surface area (Å²) >= 11 is 0. The first kappa shape index (κ1) is 30.4. The third kappa shape index (κ3) is 6.03. The number of ether oxygens (including phenoxy) is 3. The normalized spacial score (nSPS) is 19.2. The number of sulfone groups is 1. The first-order valence-electron chi connectivity index (χ1n) is 14.8. The molecule has 0 aliphatic carbocycles. The molecule has 9 nitrogen and oxygen atoms in total.